The Hall–Kier alpha value is -2.86. The topological polar surface area (TPSA) is 48.5 Å². The van der Waals surface area contributed by atoms with E-state index in [2.05, 4.69) is 56.3 Å². The van der Waals surface area contributed by atoms with Crippen molar-refractivity contribution in [1.29, 1.82) is 0 Å². The van der Waals surface area contributed by atoms with Crippen LogP contribution in [0.3, 0.4) is 0 Å². The average Bonchev–Trinajstić information content (AvgIpc) is 3.23. The van der Waals surface area contributed by atoms with Gasteiger partial charge in [0.25, 0.3) is 5.95 Å². The highest BCUT2D eigenvalue weighted by Crippen LogP contribution is 2.27. The average molecular weight is 361 g/mol. The normalized spacial score (nSPS) is 11.0. The molecule has 130 valence electrons. The van der Waals surface area contributed by atoms with Crippen LogP contribution in [0.2, 0.25) is 0 Å². The standard InChI is InChI=1S/C20H19N5S/c1-15-13-16(2)25(23-15)19-21-22-20(24(19)18-11-7-4-8-12-18)26-14-17-9-5-3-6-10-17/h3-13H,14H2,1-2H3. The summed E-state index contributed by atoms with van der Waals surface area (Å²) in [4.78, 5) is 0. The monoisotopic (exact) mass is 361 g/mol. The number of hydrogen-bond donors (Lipinski definition) is 0. The first-order chi connectivity index (χ1) is 12.7. The summed E-state index contributed by atoms with van der Waals surface area (Å²) in [7, 11) is 0. The second kappa shape index (κ2) is 7.17. The van der Waals surface area contributed by atoms with E-state index in [4.69, 9.17) is 0 Å². The maximum absolute atomic E-state index is 4.58. The highest BCUT2D eigenvalue weighted by Gasteiger charge is 2.18. The van der Waals surface area contributed by atoms with Gasteiger partial charge in [-0.3, -0.25) is 4.57 Å². The van der Waals surface area contributed by atoms with Crippen LogP contribution in [-0.4, -0.2) is 24.5 Å². The fourth-order valence-electron chi connectivity index (χ4n) is 2.85. The summed E-state index contributed by atoms with van der Waals surface area (Å²) in [5.41, 5.74) is 4.28. The number of aryl methyl sites for hydroxylation is 2. The van der Waals surface area contributed by atoms with Gasteiger partial charge in [-0.2, -0.15) is 5.10 Å². The third-order valence-electron chi connectivity index (χ3n) is 4.04. The van der Waals surface area contributed by atoms with Crippen molar-refractivity contribution in [2.75, 3.05) is 0 Å². The maximum atomic E-state index is 4.58. The first-order valence-electron chi connectivity index (χ1n) is 8.43. The molecule has 26 heavy (non-hydrogen) atoms. The van der Waals surface area contributed by atoms with Gasteiger partial charge in [0.1, 0.15) is 0 Å². The van der Waals surface area contributed by atoms with Gasteiger partial charge in [-0.1, -0.05) is 60.3 Å². The summed E-state index contributed by atoms with van der Waals surface area (Å²) in [5, 5.41) is 14.3. The van der Waals surface area contributed by atoms with Gasteiger partial charge in [-0.25, -0.2) is 4.68 Å². The molecule has 0 unspecified atom stereocenters. The number of nitrogens with zero attached hydrogens (tertiary/aromatic N) is 5. The SMILES string of the molecule is Cc1cc(C)n(-c2nnc(SCc3ccccc3)n2-c2ccccc2)n1. The Labute approximate surface area is 156 Å². The third-order valence-corrected chi connectivity index (χ3v) is 5.04. The van der Waals surface area contributed by atoms with E-state index in [0.717, 1.165) is 28.0 Å². The van der Waals surface area contributed by atoms with Crippen LogP contribution in [0, 0.1) is 13.8 Å². The molecule has 4 rings (SSSR count). The molecule has 0 spiro atoms. The van der Waals surface area contributed by atoms with Crippen molar-refractivity contribution in [1.82, 2.24) is 24.5 Å². The van der Waals surface area contributed by atoms with Crippen molar-refractivity contribution in [3.63, 3.8) is 0 Å². The number of rotatable bonds is 5. The lowest BCUT2D eigenvalue weighted by atomic mass is 10.2. The van der Waals surface area contributed by atoms with E-state index in [1.807, 2.05) is 48.9 Å². The lowest BCUT2D eigenvalue weighted by Gasteiger charge is -2.11. The molecule has 0 bridgehead atoms. The number of benzene rings is 2. The van der Waals surface area contributed by atoms with E-state index >= 15 is 0 Å². The largest absolute Gasteiger partial charge is 0.257 e. The summed E-state index contributed by atoms with van der Waals surface area (Å²) in [6.45, 7) is 4.01. The number of thioether (sulfide) groups is 1. The van der Waals surface area contributed by atoms with Crippen LogP contribution in [0.5, 0.6) is 0 Å². The van der Waals surface area contributed by atoms with Crippen LogP contribution < -0.4 is 0 Å². The lowest BCUT2D eigenvalue weighted by molar-refractivity contribution is 0.743. The minimum atomic E-state index is 0.706. The Morgan fingerprint density at radius 3 is 2.23 bits per heavy atom. The molecule has 0 fully saturated rings. The quantitative estimate of drug-likeness (QED) is 0.496. The predicted octanol–water partition coefficient (Wildman–Crippen LogP) is 4.36. The summed E-state index contributed by atoms with van der Waals surface area (Å²) >= 11 is 1.67. The molecule has 0 aliphatic rings. The van der Waals surface area contributed by atoms with E-state index < -0.39 is 0 Å². The number of para-hydroxylation sites is 1. The van der Waals surface area contributed by atoms with Crippen LogP contribution in [-0.2, 0) is 5.75 Å². The van der Waals surface area contributed by atoms with Gasteiger partial charge >= 0.3 is 0 Å². The fourth-order valence-corrected chi connectivity index (χ4v) is 3.75. The number of hydrogen-bond acceptors (Lipinski definition) is 4. The zero-order chi connectivity index (χ0) is 17.9. The second-order valence-electron chi connectivity index (χ2n) is 6.07. The first kappa shape index (κ1) is 16.6. The first-order valence-corrected chi connectivity index (χ1v) is 9.42. The van der Waals surface area contributed by atoms with Crippen molar-refractivity contribution in [3.05, 3.63) is 83.7 Å². The summed E-state index contributed by atoms with van der Waals surface area (Å²) < 4.78 is 3.91. The van der Waals surface area contributed by atoms with Gasteiger partial charge in [-0.15, -0.1) is 10.2 Å². The molecule has 2 heterocycles. The molecular weight excluding hydrogens is 342 g/mol. The molecule has 0 saturated carbocycles. The van der Waals surface area contributed by atoms with Crippen LogP contribution >= 0.6 is 11.8 Å². The van der Waals surface area contributed by atoms with Crippen molar-refractivity contribution >= 4 is 11.8 Å². The zero-order valence-electron chi connectivity index (χ0n) is 14.7. The second-order valence-corrected chi connectivity index (χ2v) is 7.01. The molecule has 0 aliphatic carbocycles. The molecule has 4 aromatic rings. The maximum Gasteiger partial charge on any atom is 0.257 e. The summed E-state index contributed by atoms with van der Waals surface area (Å²) in [6, 6.07) is 22.6. The molecule has 5 nitrogen and oxygen atoms in total. The Kier molecular flexibility index (Phi) is 4.58. The van der Waals surface area contributed by atoms with E-state index in [-0.39, 0.29) is 0 Å². The molecule has 0 N–H and O–H groups in total. The fraction of sp³-hybridized carbons (Fsp3) is 0.150. The summed E-state index contributed by atoms with van der Waals surface area (Å²) in [6.07, 6.45) is 0. The summed E-state index contributed by atoms with van der Waals surface area (Å²) in [5.74, 6) is 1.54. The van der Waals surface area contributed by atoms with E-state index in [0.29, 0.717) is 5.95 Å². The molecule has 2 aromatic carbocycles. The van der Waals surface area contributed by atoms with E-state index in [9.17, 15) is 0 Å². The van der Waals surface area contributed by atoms with Gasteiger partial charge in [0.2, 0.25) is 0 Å². The Balaban J connectivity index is 1.76. The highest BCUT2D eigenvalue weighted by atomic mass is 32.2. The number of aromatic nitrogens is 5. The van der Waals surface area contributed by atoms with Gasteiger partial charge in [0.15, 0.2) is 5.16 Å². The molecule has 0 amide bonds. The van der Waals surface area contributed by atoms with Crippen molar-refractivity contribution in [3.8, 4) is 11.6 Å². The molecule has 0 saturated heterocycles. The minimum absolute atomic E-state index is 0.706. The molecular formula is C20H19N5S. The Bertz CT molecular complexity index is 1010. The molecule has 0 aliphatic heterocycles. The van der Waals surface area contributed by atoms with Crippen LogP contribution in [0.25, 0.3) is 11.6 Å². The van der Waals surface area contributed by atoms with E-state index in [1.165, 1.54) is 5.56 Å². The van der Waals surface area contributed by atoms with Crippen molar-refractivity contribution in [2.24, 2.45) is 0 Å². The van der Waals surface area contributed by atoms with Gasteiger partial charge in [0.05, 0.1) is 11.4 Å². The Morgan fingerprint density at radius 2 is 1.58 bits per heavy atom. The third kappa shape index (κ3) is 3.28. The van der Waals surface area contributed by atoms with Crippen LogP contribution in [0.4, 0.5) is 0 Å². The smallest absolute Gasteiger partial charge is 0.255 e. The highest BCUT2D eigenvalue weighted by molar-refractivity contribution is 7.98. The van der Waals surface area contributed by atoms with Crippen LogP contribution in [0.15, 0.2) is 71.9 Å². The van der Waals surface area contributed by atoms with Crippen LogP contribution in [0.1, 0.15) is 17.0 Å². The van der Waals surface area contributed by atoms with Gasteiger partial charge in [-0.05, 0) is 37.6 Å². The minimum Gasteiger partial charge on any atom is -0.255 e. The lowest BCUT2D eigenvalue weighted by Crippen LogP contribution is -2.09. The zero-order valence-corrected chi connectivity index (χ0v) is 15.5. The van der Waals surface area contributed by atoms with E-state index in [1.54, 1.807) is 11.8 Å². The van der Waals surface area contributed by atoms with Crippen molar-refractivity contribution in [2.45, 2.75) is 24.8 Å². The van der Waals surface area contributed by atoms with Crippen molar-refractivity contribution < 1.29 is 0 Å². The Morgan fingerprint density at radius 1 is 0.885 bits per heavy atom. The molecule has 0 atom stereocenters. The predicted molar refractivity (Wildman–Crippen MR) is 104 cm³/mol. The van der Waals surface area contributed by atoms with Gasteiger partial charge < -0.3 is 0 Å². The molecule has 0 radical (unpaired) electrons. The molecule has 2 aromatic heterocycles. The van der Waals surface area contributed by atoms with Gasteiger partial charge in [0, 0.05) is 11.4 Å². The molecule has 6 heteroatoms.